The lowest BCUT2D eigenvalue weighted by Gasteiger charge is -2.15. The molecular weight excluding hydrogens is 278 g/mol. The van der Waals surface area contributed by atoms with Crippen LogP contribution in [0.3, 0.4) is 0 Å². The highest BCUT2D eigenvalue weighted by Gasteiger charge is 2.37. The van der Waals surface area contributed by atoms with Gasteiger partial charge in [0.2, 0.25) is 0 Å². The van der Waals surface area contributed by atoms with Gasteiger partial charge in [-0.15, -0.1) is 0 Å². The molecule has 0 bridgehead atoms. The summed E-state index contributed by atoms with van der Waals surface area (Å²) in [5.74, 6) is 0.101. The molecule has 1 aliphatic heterocycles. The van der Waals surface area contributed by atoms with E-state index in [1.807, 2.05) is 30.3 Å². The molecular formula is C18H15NO3. The number of benzene rings is 2. The Kier molecular flexibility index (Phi) is 3.51. The molecule has 110 valence electrons. The van der Waals surface area contributed by atoms with Crippen LogP contribution in [0.4, 0.5) is 5.69 Å². The average Bonchev–Trinajstić information content (AvgIpc) is 2.78. The maximum absolute atomic E-state index is 12.7. The first-order valence-corrected chi connectivity index (χ1v) is 6.92. The molecule has 0 saturated heterocycles. The van der Waals surface area contributed by atoms with Crippen LogP contribution in [-0.2, 0) is 9.59 Å². The van der Waals surface area contributed by atoms with Gasteiger partial charge in [0.05, 0.1) is 18.4 Å². The molecule has 0 N–H and O–H groups in total. The number of ether oxygens (including phenoxy) is 1. The van der Waals surface area contributed by atoms with Gasteiger partial charge >= 0.3 is 0 Å². The van der Waals surface area contributed by atoms with Gasteiger partial charge in [-0.25, -0.2) is 4.90 Å². The van der Waals surface area contributed by atoms with E-state index in [0.717, 1.165) is 5.56 Å². The van der Waals surface area contributed by atoms with Gasteiger partial charge in [-0.2, -0.15) is 0 Å². The Morgan fingerprint density at radius 3 is 2.09 bits per heavy atom. The molecule has 0 aromatic heterocycles. The Labute approximate surface area is 128 Å². The molecule has 22 heavy (non-hydrogen) atoms. The van der Waals surface area contributed by atoms with E-state index in [1.165, 1.54) is 4.90 Å². The highest BCUT2D eigenvalue weighted by Crippen LogP contribution is 2.33. The average molecular weight is 293 g/mol. The van der Waals surface area contributed by atoms with E-state index in [9.17, 15) is 9.59 Å². The monoisotopic (exact) mass is 293 g/mol. The van der Waals surface area contributed by atoms with Crippen LogP contribution >= 0.6 is 0 Å². The zero-order valence-corrected chi connectivity index (χ0v) is 12.4. The van der Waals surface area contributed by atoms with Crippen LogP contribution in [0.25, 0.3) is 5.57 Å². The van der Waals surface area contributed by atoms with Crippen LogP contribution in [0.5, 0.6) is 5.75 Å². The van der Waals surface area contributed by atoms with Gasteiger partial charge in [0.25, 0.3) is 11.8 Å². The van der Waals surface area contributed by atoms with E-state index in [2.05, 4.69) is 0 Å². The van der Waals surface area contributed by atoms with Crippen molar-refractivity contribution in [2.45, 2.75) is 6.92 Å². The number of hydrogen-bond acceptors (Lipinski definition) is 3. The Morgan fingerprint density at radius 2 is 1.50 bits per heavy atom. The number of anilines is 1. The molecule has 0 radical (unpaired) electrons. The Hall–Kier alpha value is -2.88. The molecule has 0 saturated carbocycles. The van der Waals surface area contributed by atoms with Crippen molar-refractivity contribution in [3.8, 4) is 5.75 Å². The highest BCUT2D eigenvalue weighted by molar-refractivity contribution is 6.45. The molecule has 4 nitrogen and oxygen atoms in total. The Balaban J connectivity index is 2.00. The number of methoxy groups -OCH3 is 1. The molecule has 1 heterocycles. The second kappa shape index (κ2) is 5.48. The van der Waals surface area contributed by atoms with Gasteiger partial charge in [0.15, 0.2) is 0 Å². The fraction of sp³-hybridized carbons (Fsp3) is 0.111. The van der Waals surface area contributed by atoms with Crippen molar-refractivity contribution in [2.24, 2.45) is 0 Å². The molecule has 0 atom stereocenters. The van der Waals surface area contributed by atoms with Crippen LogP contribution in [0.2, 0.25) is 0 Å². The zero-order chi connectivity index (χ0) is 15.7. The minimum absolute atomic E-state index is 0.283. The second-order valence-electron chi connectivity index (χ2n) is 5.01. The third-order valence-electron chi connectivity index (χ3n) is 3.71. The summed E-state index contributed by atoms with van der Waals surface area (Å²) in [6.07, 6.45) is 0. The number of imide groups is 1. The first-order chi connectivity index (χ1) is 10.6. The normalized spacial score (nSPS) is 14.7. The molecule has 2 amide bonds. The van der Waals surface area contributed by atoms with Gasteiger partial charge in [-0.3, -0.25) is 9.59 Å². The van der Waals surface area contributed by atoms with Crippen LogP contribution in [-0.4, -0.2) is 18.9 Å². The molecule has 0 spiro atoms. The lowest BCUT2D eigenvalue weighted by Crippen LogP contribution is -2.31. The van der Waals surface area contributed by atoms with Crippen LogP contribution in [0.15, 0.2) is 60.2 Å². The number of amides is 2. The van der Waals surface area contributed by atoms with Crippen molar-refractivity contribution in [1.82, 2.24) is 0 Å². The maximum atomic E-state index is 12.7. The van der Waals surface area contributed by atoms with Gasteiger partial charge in [-0.1, -0.05) is 30.3 Å². The van der Waals surface area contributed by atoms with E-state index in [4.69, 9.17) is 4.74 Å². The topological polar surface area (TPSA) is 46.6 Å². The fourth-order valence-corrected chi connectivity index (χ4v) is 2.55. The molecule has 0 unspecified atom stereocenters. The Morgan fingerprint density at radius 1 is 0.864 bits per heavy atom. The lowest BCUT2D eigenvalue weighted by atomic mass is 10.0. The van der Waals surface area contributed by atoms with E-state index >= 15 is 0 Å². The van der Waals surface area contributed by atoms with E-state index in [-0.39, 0.29) is 11.8 Å². The van der Waals surface area contributed by atoms with Gasteiger partial charge in [0.1, 0.15) is 5.75 Å². The summed E-state index contributed by atoms with van der Waals surface area (Å²) in [6, 6.07) is 16.1. The van der Waals surface area contributed by atoms with Crippen LogP contribution < -0.4 is 9.64 Å². The molecule has 3 rings (SSSR count). The number of nitrogens with zero attached hydrogens (tertiary/aromatic N) is 1. The van der Waals surface area contributed by atoms with Gasteiger partial charge in [0, 0.05) is 5.57 Å². The number of carbonyl (C=O) groups excluding carboxylic acids is 2. The highest BCUT2D eigenvalue weighted by atomic mass is 16.5. The summed E-state index contributed by atoms with van der Waals surface area (Å²) in [7, 11) is 1.57. The van der Waals surface area contributed by atoms with Crippen molar-refractivity contribution in [3.05, 3.63) is 65.7 Å². The zero-order valence-electron chi connectivity index (χ0n) is 12.4. The number of carbonyl (C=O) groups is 2. The largest absolute Gasteiger partial charge is 0.497 e. The molecule has 2 aromatic rings. The fourth-order valence-electron chi connectivity index (χ4n) is 2.55. The summed E-state index contributed by atoms with van der Waals surface area (Å²) in [4.78, 5) is 26.4. The van der Waals surface area contributed by atoms with Crippen LogP contribution in [0.1, 0.15) is 12.5 Å². The second-order valence-corrected chi connectivity index (χ2v) is 5.01. The number of hydrogen-bond donors (Lipinski definition) is 0. The van der Waals surface area contributed by atoms with Crippen molar-refractivity contribution in [3.63, 3.8) is 0 Å². The lowest BCUT2D eigenvalue weighted by molar-refractivity contribution is -0.120. The minimum atomic E-state index is -0.293. The number of rotatable bonds is 3. The molecule has 1 aliphatic rings. The maximum Gasteiger partial charge on any atom is 0.266 e. The van der Waals surface area contributed by atoms with Gasteiger partial charge in [-0.05, 0) is 36.8 Å². The Bertz CT molecular complexity index is 761. The van der Waals surface area contributed by atoms with Crippen molar-refractivity contribution in [2.75, 3.05) is 12.0 Å². The molecule has 0 aliphatic carbocycles. The predicted octanol–water partition coefficient (Wildman–Crippen LogP) is 3.04. The van der Waals surface area contributed by atoms with Crippen LogP contribution in [0, 0.1) is 0 Å². The first-order valence-electron chi connectivity index (χ1n) is 6.92. The summed E-state index contributed by atoms with van der Waals surface area (Å²) in [5, 5.41) is 0. The standard InChI is InChI=1S/C18H15NO3/c1-12-16(13-6-4-3-5-7-13)18(21)19(17(12)20)14-8-10-15(22-2)11-9-14/h3-11H,1-2H3. The summed E-state index contributed by atoms with van der Waals surface area (Å²) >= 11 is 0. The smallest absolute Gasteiger partial charge is 0.266 e. The van der Waals surface area contributed by atoms with E-state index < -0.39 is 0 Å². The molecule has 2 aromatic carbocycles. The van der Waals surface area contributed by atoms with Crippen molar-refractivity contribution in [1.29, 1.82) is 0 Å². The minimum Gasteiger partial charge on any atom is -0.497 e. The van der Waals surface area contributed by atoms with Gasteiger partial charge < -0.3 is 4.74 Å². The summed E-state index contributed by atoms with van der Waals surface area (Å²) < 4.78 is 5.10. The SMILES string of the molecule is COc1ccc(N2C(=O)C(C)=C(c3ccccc3)C2=O)cc1. The van der Waals surface area contributed by atoms with Crippen molar-refractivity contribution < 1.29 is 14.3 Å². The van der Waals surface area contributed by atoms with E-state index in [1.54, 1.807) is 38.3 Å². The predicted molar refractivity (Wildman–Crippen MR) is 84.5 cm³/mol. The summed E-state index contributed by atoms with van der Waals surface area (Å²) in [5.41, 5.74) is 2.23. The van der Waals surface area contributed by atoms with Crippen molar-refractivity contribution >= 4 is 23.1 Å². The van der Waals surface area contributed by atoms with E-state index in [0.29, 0.717) is 22.6 Å². The molecule has 4 heteroatoms. The molecule has 0 fully saturated rings. The quantitative estimate of drug-likeness (QED) is 0.817. The third-order valence-corrected chi connectivity index (χ3v) is 3.71. The third kappa shape index (κ3) is 2.19. The summed E-state index contributed by atoms with van der Waals surface area (Å²) in [6.45, 7) is 1.69. The first kappa shape index (κ1) is 14.1.